The molecule has 160 valence electrons. The van der Waals surface area contributed by atoms with Crippen molar-refractivity contribution in [2.45, 2.75) is 19.9 Å². The first-order chi connectivity index (χ1) is 14.1. The van der Waals surface area contributed by atoms with Crippen LogP contribution in [0.25, 0.3) is 0 Å². The predicted octanol–water partition coefficient (Wildman–Crippen LogP) is 2.21. The number of rotatable bonds is 6. The molecule has 2 aromatic carbocycles. The number of carbonyl (C=O) groups excluding carboxylic acids is 2. The van der Waals surface area contributed by atoms with E-state index in [4.69, 9.17) is 9.47 Å². The molecule has 30 heavy (non-hydrogen) atoms. The van der Waals surface area contributed by atoms with Gasteiger partial charge in [0.2, 0.25) is 21.8 Å². The van der Waals surface area contributed by atoms with Crippen molar-refractivity contribution in [1.29, 1.82) is 0 Å². The van der Waals surface area contributed by atoms with Gasteiger partial charge in [-0.05, 0) is 37.3 Å². The molecule has 1 aliphatic rings. The van der Waals surface area contributed by atoms with Crippen molar-refractivity contribution in [1.82, 2.24) is 0 Å². The number of benzene rings is 2. The zero-order valence-corrected chi connectivity index (χ0v) is 17.7. The molecule has 0 radical (unpaired) electrons. The first-order valence-corrected chi connectivity index (χ1v) is 11.1. The zero-order chi connectivity index (χ0) is 21.9. The number of nitrogens with one attached hydrogen (secondary N) is 2. The number of sulfonamides is 1. The van der Waals surface area contributed by atoms with Crippen LogP contribution in [0.5, 0.6) is 11.5 Å². The van der Waals surface area contributed by atoms with Crippen molar-refractivity contribution in [2.75, 3.05) is 34.4 Å². The molecule has 2 amide bonds. The molecule has 1 atom stereocenters. The molecule has 0 saturated carbocycles. The number of amides is 2. The van der Waals surface area contributed by atoms with Gasteiger partial charge in [0.15, 0.2) is 11.5 Å². The summed E-state index contributed by atoms with van der Waals surface area (Å²) in [5, 5.41) is 5.31. The van der Waals surface area contributed by atoms with Crippen LogP contribution in [-0.4, -0.2) is 45.7 Å². The number of ether oxygens (including phenoxy) is 2. The molecule has 10 heteroatoms. The van der Waals surface area contributed by atoms with Gasteiger partial charge >= 0.3 is 0 Å². The van der Waals surface area contributed by atoms with Crippen LogP contribution in [0.3, 0.4) is 0 Å². The van der Waals surface area contributed by atoms with Crippen molar-refractivity contribution in [3.63, 3.8) is 0 Å². The molecule has 0 fully saturated rings. The van der Waals surface area contributed by atoms with E-state index in [0.717, 1.165) is 10.6 Å². The Balaban J connectivity index is 1.85. The molecule has 2 aromatic rings. The van der Waals surface area contributed by atoms with Gasteiger partial charge in [-0.25, -0.2) is 8.42 Å². The van der Waals surface area contributed by atoms with Crippen molar-refractivity contribution in [3.8, 4) is 11.5 Å². The van der Waals surface area contributed by atoms with Crippen molar-refractivity contribution >= 4 is 38.9 Å². The fourth-order valence-corrected chi connectivity index (χ4v) is 4.27. The highest BCUT2D eigenvalue weighted by atomic mass is 32.2. The third-order valence-electron chi connectivity index (χ3n) is 4.32. The van der Waals surface area contributed by atoms with Gasteiger partial charge in [-0.2, -0.15) is 0 Å². The molecule has 0 spiro atoms. The Labute approximate surface area is 175 Å². The fraction of sp³-hybridized carbons (Fsp3) is 0.300. The standard InChI is InChI=1S/C20H23N3O6S/c1-13(20(25)22-16-6-4-5-15(11-16)21-14(2)24)23(30(3,26)27)17-7-8-18-19(12-17)29-10-9-28-18/h4-8,11-13H,9-10H2,1-3H3,(H,21,24)(H,22,25)/t13-/m1/s1. The minimum Gasteiger partial charge on any atom is -0.486 e. The third-order valence-corrected chi connectivity index (χ3v) is 5.56. The van der Waals surface area contributed by atoms with E-state index in [0.29, 0.717) is 36.1 Å². The first-order valence-electron chi connectivity index (χ1n) is 9.23. The summed E-state index contributed by atoms with van der Waals surface area (Å²) in [5.41, 5.74) is 1.23. The van der Waals surface area contributed by atoms with Crippen LogP contribution in [0, 0.1) is 0 Å². The Kier molecular flexibility index (Phi) is 6.16. The molecular formula is C20H23N3O6S. The molecule has 0 aromatic heterocycles. The van der Waals surface area contributed by atoms with Gasteiger partial charge in [-0.3, -0.25) is 13.9 Å². The maximum absolute atomic E-state index is 12.8. The van der Waals surface area contributed by atoms with Crippen molar-refractivity contribution in [3.05, 3.63) is 42.5 Å². The zero-order valence-electron chi connectivity index (χ0n) is 16.8. The molecule has 1 heterocycles. The Morgan fingerprint density at radius 1 is 1.00 bits per heavy atom. The van der Waals surface area contributed by atoms with E-state index < -0.39 is 22.0 Å². The van der Waals surface area contributed by atoms with Gasteiger partial charge in [-0.1, -0.05) is 6.07 Å². The lowest BCUT2D eigenvalue weighted by molar-refractivity contribution is -0.117. The summed E-state index contributed by atoms with van der Waals surface area (Å²) in [6, 6.07) is 10.2. The molecule has 0 unspecified atom stereocenters. The molecule has 9 nitrogen and oxygen atoms in total. The predicted molar refractivity (Wildman–Crippen MR) is 114 cm³/mol. The average Bonchev–Trinajstić information content (AvgIpc) is 2.66. The van der Waals surface area contributed by atoms with Crippen molar-refractivity contribution < 1.29 is 27.5 Å². The van der Waals surface area contributed by atoms with E-state index in [-0.39, 0.29) is 11.6 Å². The molecule has 0 saturated heterocycles. The number of hydrogen-bond acceptors (Lipinski definition) is 6. The molecule has 2 N–H and O–H groups in total. The maximum atomic E-state index is 12.8. The Morgan fingerprint density at radius 3 is 2.27 bits per heavy atom. The number of anilines is 3. The summed E-state index contributed by atoms with van der Waals surface area (Å²) < 4.78 is 37.0. The largest absolute Gasteiger partial charge is 0.486 e. The van der Waals surface area contributed by atoms with Gasteiger partial charge in [0.05, 0.1) is 11.9 Å². The van der Waals surface area contributed by atoms with Gasteiger partial charge in [0.25, 0.3) is 0 Å². The number of carbonyl (C=O) groups is 2. The Bertz CT molecular complexity index is 1070. The molecule has 0 bridgehead atoms. The van der Waals surface area contributed by atoms with Crippen LogP contribution in [0.2, 0.25) is 0 Å². The number of nitrogens with zero attached hydrogens (tertiary/aromatic N) is 1. The van der Waals surface area contributed by atoms with E-state index in [1.54, 1.807) is 36.4 Å². The summed E-state index contributed by atoms with van der Waals surface area (Å²) in [6.45, 7) is 3.64. The lowest BCUT2D eigenvalue weighted by atomic mass is 10.2. The van der Waals surface area contributed by atoms with Crippen LogP contribution in [0.1, 0.15) is 13.8 Å². The highest BCUT2D eigenvalue weighted by molar-refractivity contribution is 7.92. The molecule has 3 rings (SSSR count). The quantitative estimate of drug-likeness (QED) is 0.722. The summed E-state index contributed by atoms with van der Waals surface area (Å²) in [5.74, 6) is 0.164. The maximum Gasteiger partial charge on any atom is 0.247 e. The minimum absolute atomic E-state index is 0.242. The van der Waals surface area contributed by atoms with Crippen LogP contribution < -0.4 is 24.4 Å². The Hall–Kier alpha value is -3.27. The highest BCUT2D eigenvalue weighted by Crippen LogP contribution is 2.35. The van der Waals surface area contributed by atoms with E-state index in [9.17, 15) is 18.0 Å². The summed E-state index contributed by atoms with van der Waals surface area (Å²) in [6.07, 6.45) is 1.03. The van der Waals surface area contributed by atoms with E-state index in [1.807, 2.05) is 0 Å². The summed E-state index contributed by atoms with van der Waals surface area (Å²) in [4.78, 5) is 24.1. The van der Waals surface area contributed by atoms with Crippen LogP contribution >= 0.6 is 0 Å². The second-order valence-corrected chi connectivity index (χ2v) is 8.67. The Morgan fingerprint density at radius 2 is 1.63 bits per heavy atom. The van der Waals surface area contributed by atoms with E-state index in [2.05, 4.69) is 10.6 Å². The van der Waals surface area contributed by atoms with E-state index in [1.165, 1.54) is 19.9 Å². The normalized spacial score (nSPS) is 13.8. The SMILES string of the molecule is CC(=O)Nc1cccc(NC(=O)[C@@H](C)N(c2ccc3c(c2)OCCO3)S(C)(=O)=O)c1. The third kappa shape index (κ3) is 5.01. The average molecular weight is 433 g/mol. The monoisotopic (exact) mass is 433 g/mol. The second kappa shape index (κ2) is 8.62. The van der Waals surface area contributed by atoms with Gasteiger partial charge < -0.3 is 20.1 Å². The lowest BCUT2D eigenvalue weighted by Crippen LogP contribution is -2.45. The van der Waals surface area contributed by atoms with Crippen LogP contribution in [-0.2, 0) is 19.6 Å². The van der Waals surface area contributed by atoms with Gasteiger partial charge in [-0.15, -0.1) is 0 Å². The number of fused-ring (bicyclic) bond motifs is 1. The molecule has 0 aliphatic carbocycles. The van der Waals surface area contributed by atoms with Crippen LogP contribution in [0.4, 0.5) is 17.1 Å². The highest BCUT2D eigenvalue weighted by Gasteiger charge is 2.30. The second-order valence-electron chi connectivity index (χ2n) is 6.81. The van der Waals surface area contributed by atoms with Crippen molar-refractivity contribution in [2.24, 2.45) is 0 Å². The van der Waals surface area contributed by atoms with Gasteiger partial charge in [0, 0.05) is 24.4 Å². The molecular weight excluding hydrogens is 410 g/mol. The lowest BCUT2D eigenvalue weighted by Gasteiger charge is -2.29. The smallest absolute Gasteiger partial charge is 0.247 e. The van der Waals surface area contributed by atoms with Gasteiger partial charge in [0.1, 0.15) is 19.3 Å². The summed E-state index contributed by atoms with van der Waals surface area (Å²) >= 11 is 0. The minimum atomic E-state index is -3.79. The number of hydrogen-bond donors (Lipinski definition) is 2. The van der Waals surface area contributed by atoms with Crippen LogP contribution in [0.15, 0.2) is 42.5 Å². The molecule has 1 aliphatic heterocycles. The topological polar surface area (TPSA) is 114 Å². The first kappa shape index (κ1) is 21.4. The fourth-order valence-electron chi connectivity index (χ4n) is 3.10. The summed E-state index contributed by atoms with van der Waals surface area (Å²) in [7, 11) is -3.79. The van der Waals surface area contributed by atoms with E-state index >= 15 is 0 Å².